The number of ether oxygens (including phenoxy) is 1. The van der Waals surface area contributed by atoms with Gasteiger partial charge in [0.05, 0.1) is 12.1 Å². The zero-order valence-corrected chi connectivity index (χ0v) is 12.5. The third-order valence-corrected chi connectivity index (χ3v) is 4.86. The van der Waals surface area contributed by atoms with Crippen molar-refractivity contribution in [3.05, 3.63) is 23.7 Å². The molecule has 4 heteroatoms. The highest BCUT2D eigenvalue weighted by Crippen LogP contribution is 2.47. The Hall–Kier alpha value is -0.840. The number of rotatable bonds is 5. The van der Waals surface area contributed by atoms with Crippen molar-refractivity contribution in [1.29, 1.82) is 0 Å². The smallest absolute Gasteiger partial charge is 0.122 e. The van der Waals surface area contributed by atoms with Gasteiger partial charge >= 0.3 is 0 Å². The predicted octanol–water partition coefficient (Wildman–Crippen LogP) is 2.51. The maximum atomic E-state index is 6.09. The van der Waals surface area contributed by atoms with Crippen molar-refractivity contribution >= 4 is 0 Å². The summed E-state index contributed by atoms with van der Waals surface area (Å²) in [6.45, 7) is 4.91. The lowest BCUT2D eigenvalue weighted by molar-refractivity contribution is 0.0118. The molecular formula is C16H26N2O2. The van der Waals surface area contributed by atoms with E-state index in [1.807, 2.05) is 0 Å². The highest BCUT2D eigenvalue weighted by molar-refractivity contribution is 5.19. The van der Waals surface area contributed by atoms with Gasteiger partial charge in [0.15, 0.2) is 0 Å². The summed E-state index contributed by atoms with van der Waals surface area (Å²) in [4.78, 5) is 2.41. The normalized spacial score (nSPS) is 32.2. The SMILES string of the molecule is COC1CCCN(C(CN)c2ccc(C3CC3C)o2)C1. The van der Waals surface area contributed by atoms with Crippen molar-refractivity contribution in [3.63, 3.8) is 0 Å². The minimum atomic E-state index is 0.191. The number of nitrogens with zero attached hydrogens (tertiary/aromatic N) is 1. The highest BCUT2D eigenvalue weighted by Gasteiger charge is 2.37. The second kappa shape index (κ2) is 5.88. The maximum absolute atomic E-state index is 6.09. The Morgan fingerprint density at radius 1 is 1.50 bits per heavy atom. The molecule has 20 heavy (non-hydrogen) atoms. The molecule has 1 aromatic rings. The molecule has 4 unspecified atom stereocenters. The third kappa shape index (κ3) is 2.78. The second-order valence-corrected chi connectivity index (χ2v) is 6.31. The molecule has 3 rings (SSSR count). The minimum Gasteiger partial charge on any atom is -0.464 e. The van der Waals surface area contributed by atoms with Crippen LogP contribution in [0.15, 0.2) is 16.5 Å². The maximum Gasteiger partial charge on any atom is 0.122 e. The molecule has 2 N–H and O–H groups in total. The Kier molecular flexibility index (Phi) is 4.15. The molecule has 1 saturated heterocycles. The van der Waals surface area contributed by atoms with Gasteiger partial charge in [0.25, 0.3) is 0 Å². The zero-order chi connectivity index (χ0) is 14.1. The first-order valence-corrected chi connectivity index (χ1v) is 7.79. The molecule has 1 aliphatic heterocycles. The van der Waals surface area contributed by atoms with Crippen molar-refractivity contribution in [2.45, 2.75) is 44.2 Å². The average Bonchev–Trinajstić information content (AvgIpc) is 3.01. The molecule has 0 bridgehead atoms. The number of likely N-dealkylation sites (tertiary alicyclic amines) is 1. The molecular weight excluding hydrogens is 252 g/mol. The molecule has 1 saturated carbocycles. The Balaban J connectivity index is 1.70. The van der Waals surface area contributed by atoms with Crippen LogP contribution in [0, 0.1) is 5.92 Å². The number of nitrogens with two attached hydrogens (primary N) is 1. The largest absolute Gasteiger partial charge is 0.464 e. The predicted molar refractivity (Wildman–Crippen MR) is 78.6 cm³/mol. The molecule has 1 aromatic heterocycles. The highest BCUT2D eigenvalue weighted by atomic mass is 16.5. The van der Waals surface area contributed by atoms with Crippen LogP contribution < -0.4 is 5.73 Å². The summed E-state index contributed by atoms with van der Waals surface area (Å²) < 4.78 is 11.6. The summed E-state index contributed by atoms with van der Waals surface area (Å²) in [5.41, 5.74) is 6.01. The lowest BCUT2D eigenvalue weighted by Crippen LogP contribution is -2.43. The van der Waals surface area contributed by atoms with Crippen molar-refractivity contribution in [3.8, 4) is 0 Å². The molecule has 0 aromatic carbocycles. The van der Waals surface area contributed by atoms with Gasteiger partial charge < -0.3 is 14.9 Å². The van der Waals surface area contributed by atoms with E-state index in [0.29, 0.717) is 18.6 Å². The molecule has 1 aliphatic carbocycles. The van der Waals surface area contributed by atoms with E-state index in [0.717, 1.165) is 36.9 Å². The van der Waals surface area contributed by atoms with Crippen LogP contribution in [0.4, 0.5) is 0 Å². The van der Waals surface area contributed by atoms with Crippen LogP contribution in [-0.4, -0.2) is 37.7 Å². The van der Waals surface area contributed by atoms with E-state index >= 15 is 0 Å². The average molecular weight is 278 g/mol. The van der Waals surface area contributed by atoms with Gasteiger partial charge in [-0.2, -0.15) is 0 Å². The first-order chi connectivity index (χ1) is 9.72. The number of furan rings is 1. The van der Waals surface area contributed by atoms with Gasteiger partial charge in [-0.15, -0.1) is 0 Å². The molecule has 0 radical (unpaired) electrons. The van der Waals surface area contributed by atoms with Gasteiger partial charge in [0.1, 0.15) is 11.5 Å². The van der Waals surface area contributed by atoms with E-state index in [1.54, 1.807) is 7.11 Å². The van der Waals surface area contributed by atoms with E-state index in [2.05, 4.69) is 24.0 Å². The van der Waals surface area contributed by atoms with Crippen LogP contribution >= 0.6 is 0 Å². The molecule has 2 heterocycles. The standard InChI is InChI=1S/C16H26N2O2/c1-11-8-13(11)15-5-6-16(20-15)14(9-17)18-7-3-4-12(10-18)19-2/h5-6,11-14H,3-4,7-10,17H2,1-2H3. The van der Waals surface area contributed by atoms with Crippen molar-refractivity contribution in [2.24, 2.45) is 11.7 Å². The van der Waals surface area contributed by atoms with Gasteiger partial charge in [0, 0.05) is 26.1 Å². The van der Waals surface area contributed by atoms with E-state index in [4.69, 9.17) is 14.9 Å². The Labute approximate surface area is 121 Å². The first-order valence-electron chi connectivity index (χ1n) is 7.79. The van der Waals surface area contributed by atoms with Gasteiger partial charge in [-0.05, 0) is 43.9 Å². The van der Waals surface area contributed by atoms with Crippen molar-refractivity contribution in [2.75, 3.05) is 26.7 Å². The zero-order valence-electron chi connectivity index (χ0n) is 12.5. The lowest BCUT2D eigenvalue weighted by atomic mass is 10.0. The van der Waals surface area contributed by atoms with Crippen LogP contribution in [0.3, 0.4) is 0 Å². The van der Waals surface area contributed by atoms with E-state index < -0.39 is 0 Å². The van der Waals surface area contributed by atoms with Crippen LogP contribution in [-0.2, 0) is 4.74 Å². The van der Waals surface area contributed by atoms with Crippen LogP contribution in [0.1, 0.15) is 49.7 Å². The number of methoxy groups -OCH3 is 1. The fraction of sp³-hybridized carbons (Fsp3) is 0.750. The second-order valence-electron chi connectivity index (χ2n) is 6.31. The molecule has 112 valence electrons. The Bertz CT molecular complexity index is 445. The summed E-state index contributed by atoms with van der Waals surface area (Å²) in [6, 6.07) is 4.45. The fourth-order valence-electron chi connectivity index (χ4n) is 3.35. The number of piperidine rings is 1. The van der Waals surface area contributed by atoms with E-state index in [-0.39, 0.29) is 6.04 Å². The molecule has 2 aliphatic rings. The summed E-state index contributed by atoms with van der Waals surface area (Å²) in [6.07, 6.45) is 3.90. The summed E-state index contributed by atoms with van der Waals surface area (Å²) in [5, 5.41) is 0. The topological polar surface area (TPSA) is 51.6 Å². The fourth-order valence-corrected chi connectivity index (χ4v) is 3.35. The molecule has 0 spiro atoms. The van der Waals surface area contributed by atoms with Crippen LogP contribution in [0.5, 0.6) is 0 Å². The van der Waals surface area contributed by atoms with Gasteiger partial charge in [-0.3, -0.25) is 4.90 Å². The Morgan fingerprint density at radius 3 is 2.95 bits per heavy atom. The molecule has 4 atom stereocenters. The number of hydrogen-bond donors (Lipinski definition) is 1. The molecule has 2 fully saturated rings. The lowest BCUT2D eigenvalue weighted by Gasteiger charge is -2.36. The van der Waals surface area contributed by atoms with Gasteiger partial charge in [0.2, 0.25) is 0 Å². The summed E-state index contributed by atoms with van der Waals surface area (Å²) in [7, 11) is 1.80. The van der Waals surface area contributed by atoms with E-state index in [1.165, 1.54) is 12.8 Å². The quantitative estimate of drug-likeness (QED) is 0.899. The van der Waals surface area contributed by atoms with Crippen molar-refractivity contribution in [1.82, 2.24) is 4.90 Å². The van der Waals surface area contributed by atoms with Gasteiger partial charge in [-0.1, -0.05) is 6.92 Å². The minimum absolute atomic E-state index is 0.191. The van der Waals surface area contributed by atoms with Gasteiger partial charge in [-0.25, -0.2) is 0 Å². The molecule has 0 amide bonds. The monoisotopic (exact) mass is 278 g/mol. The van der Waals surface area contributed by atoms with Crippen LogP contribution in [0.25, 0.3) is 0 Å². The summed E-state index contributed by atoms with van der Waals surface area (Å²) in [5.74, 6) is 3.58. The third-order valence-electron chi connectivity index (χ3n) is 4.86. The van der Waals surface area contributed by atoms with E-state index in [9.17, 15) is 0 Å². The van der Waals surface area contributed by atoms with Crippen molar-refractivity contribution < 1.29 is 9.15 Å². The Morgan fingerprint density at radius 2 is 2.30 bits per heavy atom. The molecule has 4 nitrogen and oxygen atoms in total. The summed E-state index contributed by atoms with van der Waals surface area (Å²) >= 11 is 0. The number of hydrogen-bond acceptors (Lipinski definition) is 4. The van der Waals surface area contributed by atoms with Crippen LogP contribution in [0.2, 0.25) is 0 Å². The first kappa shape index (κ1) is 14.1.